The highest BCUT2D eigenvalue weighted by Crippen LogP contribution is 2.61. The second-order valence-corrected chi connectivity index (χ2v) is 10.1. The Kier molecular flexibility index (Phi) is 5.75. The van der Waals surface area contributed by atoms with Crippen LogP contribution in [0.15, 0.2) is 6.07 Å². The van der Waals surface area contributed by atoms with E-state index in [0.717, 1.165) is 43.5 Å². The van der Waals surface area contributed by atoms with Crippen LogP contribution in [0.25, 0.3) is 0 Å². The van der Waals surface area contributed by atoms with E-state index < -0.39 is 11.0 Å². The molecule has 0 spiro atoms. The third-order valence-electron chi connectivity index (χ3n) is 7.66. The molecule has 4 saturated carbocycles. The number of carbonyl (C=O) groups excluding carboxylic acids is 3. The smallest absolute Gasteiger partial charge is 0.312 e. The van der Waals surface area contributed by atoms with E-state index in [0.29, 0.717) is 43.2 Å². The largest absolute Gasteiger partial charge is 0.469 e. The van der Waals surface area contributed by atoms with E-state index in [4.69, 9.17) is 4.74 Å². The monoisotopic (exact) mass is 431 g/mol. The quantitative estimate of drug-likeness (QED) is 0.502. The Morgan fingerprint density at radius 3 is 2.45 bits per heavy atom. The number of hydrogen-bond acceptors (Lipinski definition) is 6. The van der Waals surface area contributed by atoms with Crippen LogP contribution >= 0.6 is 0 Å². The van der Waals surface area contributed by atoms with Gasteiger partial charge in [-0.3, -0.25) is 14.4 Å². The SMILES string of the molecule is COC(=O)CCCn1c(C)cc(C(=O)COC(=O)C23C[C@@H]4C[C@@H](CC(O)(C4)C2)C3)c1C. The maximum atomic E-state index is 13.0. The summed E-state index contributed by atoms with van der Waals surface area (Å²) in [4.78, 5) is 37.2. The average Bonchev–Trinajstić information content (AvgIpc) is 2.98. The maximum absolute atomic E-state index is 13.0. The van der Waals surface area contributed by atoms with E-state index in [-0.39, 0.29) is 24.3 Å². The molecule has 0 amide bonds. The summed E-state index contributed by atoms with van der Waals surface area (Å²) in [6.45, 7) is 4.13. The lowest BCUT2D eigenvalue weighted by Crippen LogP contribution is -2.58. The third kappa shape index (κ3) is 4.16. The van der Waals surface area contributed by atoms with Crippen molar-refractivity contribution in [1.29, 1.82) is 0 Å². The Labute approximate surface area is 183 Å². The van der Waals surface area contributed by atoms with Crippen LogP contribution in [0, 0.1) is 31.1 Å². The van der Waals surface area contributed by atoms with Gasteiger partial charge in [0.25, 0.3) is 0 Å². The molecule has 4 fully saturated rings. The second-order valence-electron chi connectivity index (χ2n) is 10.1. The Morgan fingerprint density at radius 1 is 1.16 bits per heavy atom. The molecule has 31 heavy (non-hydrogen) atoms. The molecule has 1 aromatic rings. The zero-order valence-electron chi connectivity index (χ0n) is 18.7. The fourth-order valence-electron chi connectivity index (χ4n) is 6.73. The number of Topliss-reactive ketones (excluding diaryl/α,β-unsaturated/α-hetero) is 1. The van der Waals surface area contributed by atoms with Crippen LogP contribution in [-0.2, 0) is 25.6 Å². The van der Waals surface area contributed by atoms with Gasteiger partial charge in [0, 0.05) is 29.9 Å². The van der Waals surface area contributed by atoms with E-state index in [1.54, 1.807) is 0 Å². The number of rotatable bonds is 8. The first kappa shape index (κ1) is 22.1. The summed E-state index contributed by atoms with van der Waals surface area (Å²) in [6.07, 6.45) is 5.64. The number of ketones is 1. The summed E-state index contributed by atoms with van der Waals surface area (Å²) in [5.74, 6) is -0.0128. The second kappa shape index (κ2) is 8.08. The zero-order valence-corrected chi connectivity index (χ0v) is 18.7. The molecule has 2 unspecified atom stereocenters. The standard InChI is InChI=1S/C24H33NO6/c1-15-7-19(16(2)25(15)6-4-5-21(27)30-3)20(26)13-31-22(28)23-9-17-8-18(10-23)12-24(29,11-17)14-23/h7,17-18,29H,4-6,8-14H2,1-3H3/t17-,18+,23?,24?. The Bertz CT molecular complexity index is 886. The van der Waals surface area contributed by atoms with E-state index in [1.165, 1.54) is 7.11 Å². The highest BCUT2D eigenvalue weighted by molar-refractivity contribution is 5.99. The van der Waals surface area contributed by atoms with Gasteiger partial charge in [0.05, 0.1) is 18.1 Å². The Balaban J connectivity index is 1.37. The molecule has 0 saturated heterocycles. The van der Waals surface area contributed by atoms with Crippen LogP contribution in [0.5, 0.6) is 0 Å². The molecular weight excluding hydrogens is 398 g/mol. The lowest BCUT2D eigenvalue weighted by molar-refractivity contribution is -0.195. The first-order chi connectivity index (χ1) is 14.6. The zero-order chi connectivity index (χ0) is 22.4. The van der Waals surface area contributed by atoms with Gasteiger partial charge in [-0.2, -0.15) is 0 Å². The predicted octanol–water partition coefficient (Wildman–Crippen LogP) is 3.12. The van der Waals surface area contributed by atoms with Crippen LogP contribution in [0.3, 0.4) is 0 Å². The first-order valence-corrected chi connectivity index (χ1v) is 11.3. The van der Waals surface area contributed by atoms with E-state index in [2.05, 4.69) is 4.74 Å². The lowest BCUT2D eigenvalue weighted by Gasteiger charge is -2.58. The van der Waals surface area contributed by atoms with Crippen molar-refractivity contribution in [1.82, 2.24) is 4.57 Å². The molecule has 4 atom stereocenters. The summed E-state index contributed by atoms with van der Waals surface area (Å²) in [7, 11) is 1.37. The Morgan fingerprint density at radius 2 is 1.84 bits per heavy atom. The van der Waals surface area contributed by atoms with Crippen LogP contribution in [0.2, 0.25) is 0 Å². The number of hydrogen-bond donors (Lipinski definition) is 1. The van der Waals surface area contributed by atoms with Crippen molar-refractivity contribution in [3.8, 4) is 0 Å². The molecule has 4 aliphatic carbocycles. The molecule has 4 bridgehead atoms. The van der Waals surface area contributed by atoms with Crippen molar-refractivity contribution in [3.05, 3.63) is 23.0 Å². The third-order valence-corrected chi connectivity index (χ3v) is 7.66. The minimum atomic E-state index is -0.734. The first-order valence-electron chi connectivity index (χ1n) is 11.3. The summed E-state index contributed by atoms with van der Waals surface area (Å²) in [5, 5.41) is 10.9. The fraction of sp³-hybridized carbons (Fsp3) is 0.708. The fourth-order valence-corrected chi connectivity index (χ4v) is 6.73. The molecule has 7 heteroatoms. The molecule has 1 aromatic heterocycles. The molecule has 1 heterocycles. The van der Waals surface area contributed by atoms with Crippen LogP contribution in [0.4, 0.5) is 0 Å². The van der Waals surface area contributed by atoms with Crippen molar-refractivity contribution in [2.45, 2.75) is 77.4 Å². The van der Waals surface area contributed by atoms with Crippen molar-refractivity contribution in [3.63, 3.8) is 0 Å². The normalized spacial score (nSPS) is 31.0. The van der Waals surface area contributed by atoms with Gasteiger partial charge in [0.2, 0.25) is 5.78 Å². The van der Waals surface area contributed by atoms with Crippen molar-refractivity contribution in [2.24, 2.45) is 17.3 Å². The number of nitrogens with zero attached hydrogens (tertiary/aromatic N) is 1. The van der Waals surface area contributed by atoms with Gasteiger partial charge in [-0.25, -0.2) is 0 Å². The summed E-state index contributed by atoms with van der Waals surface area (Å²) in [5.41, 5.74) is 0.937. The molecule has 0 aliphatic heterocycles. The van der Waals surface area contributed by atoms with Crippen LogP contribution in [0.1, 0.15) is 73.1 Å². The number of aryl methyl sites for hydroxylation is 1. The van der Waals surface area contributed by atoms with Crippen molar-refractivity contribution >= 4 is 17.7 Å². The maximum Gasteiger partial charge on any atom is 0.312 e. The van der Waals surface area contributed by atoms with Crippen molar-refractivity contribution in [2.75, 3.05) is 13.7 Å². The van der Waals surface area contributed by atoms with Gasteiger partial charge in [-0.05, 0) is 76.7 Å². The van der Waals surface area contributed by atoms with Crippen molar-refractivity contribution < 1.29 is 29.0 Å². The molecule has 0 radical (unpaired) electrons. The summed E-state index contributed by atoms with van der Waals surface area (Å²) in [6, 6.07) is 1.82. The lowest BCUT2D eigenvalue weighted by atomic mass is 9.48. The topological polar surface area (TPSA) is 94.8 Å². The van der Waals surface area contributed by atoms with Crippen LogP contribution in [-0.4, -0.2) is 46.7 Å². The molecule has 7 nitrogen and oxygen atoms in total. The number of carbonyl (C=O) groups is 3. The summed E-state index contributed by atoms with van der Waals surface area (Å²) >= 11 is 0. The van der Waals surface area contributed by atoms with E-state index >= 15 is 0 Å². The van der Waals surface area contributed by atoms with Gasteiger partial charge >= 0.3 is 11.9 Å². The van der Waals surface area contributed by atoms with E-state index in [9.17, 15) is 19.5 Å². The van der Waals surface area contributed by atoms with Crippen LogP contribution < -0.4 is 0 Å². The molecule has 1 N–H and O–H groups in total. The number of methoxy groups -OCH3 is 1. The molecular formula is C24H33NO6. The minimum Gasteiger partial charge on any atom is -0.469 e. The highest BCUT2D eigenvalue weighted by Gasteiger charge is 2.60. The average molecular weight is 432 g/mol. The number of esters is 2. The van der Waals surface area contributed by atoms with E-state index in [1.807, 2.05) is 24.5 Å². The number of aliphatic hydroxyl groups is 1. The number of ether oxygens (including phenoxy) is 2. The highest BCUT2D eigenvalue weighted by atomic mass is 16.5. The number of aromatic nitrogens is 1. The van der Waals surface area contributed by atoms with Gasteiger partial charge < -0.3 is 19.1 Å². The van der Waals surface area contributed by atoms with Gasteiger partial charge in [0.1, 0.15) is 0 Å². The molecule has 4 aliphatic rings. The summed E-state index contributed by atoms with van der Waals surface area (Å²) < 4.78 is 12.2. The van der Waals surface area contributed by atoms with Gasteiger partial charge in [0.15, 0.2) is 6.61 Å². The minimum absolute atomic E-state index is 0.218. The van der Waals surface area contributed by atoms with Gasteiger partial charge in [-0.1, -0.05) is 0 Å². The molecule has 0 aromatic carbocycles. The molecule has 5 rings (SSSR count). The van der Waals surface area contributed by atoms with Gasteiger partial charge in [-0.15, -0.1) is 0 Å². The predicted molar refractivity (Wildman–Crippen MR) is 113 cm³/mol. The molecule has 170 valence electrons. The Hall–Kier alpha value is -2.15.